The molecule has 0 spiro atoms. The quantitative estimate of drug-likeness (QED) is 0.0222. The number of phosphoric acid groups is 2. The number of hydrogen-bond donors (Lipinski definition) is 3. The summed E-state index contributed by atoms with van der Waals surface area (Å²) in [6, 6.07) is 0. The molecule has 0 aliphatic rings. The van der Waals surface area contributed by atoms with Gasteiger partial charge in [0.25, 0.3) is 0 Å². The number of ether oxygens (including phenoxy) is 4. The highest BCUT2D eigenvalue weighted by molar-refractivity contribution is 7.47. The van der Waals surface area contributed by atoms with Crippen LogP contribution >= 0.6 is 15.6 Å². The van der Waals surface area contributed by atoms with Gasteiger partial charge in [0.1, 0.15) is 19.3 Å². The molecule has 0 aromatic heterocycles. The van der Waals surface area contributed by atoms with E-state index < -0.39 is 97.5 Å². The topological polar surface area (TPSA) is 237 Å². The Morgan fingerprint density at radius 3 is 0.962 bits per heavy atom. The van der Waals surface area contributed by atoms with Gasteiger partial charge in [-0.05, 0) is 37.5 Å². The number of aliphatic hydroxyl groups excluding tert-OH is 1. The Bertz CT molecular complexity index is 1570. The number of esters is 4. The molecule has 0 saturated carbocycles. The van der Waals surface area contributed by atoms with Gasteiger partial charge in [0.15, 0.2) is 12.2 Å². The molecule has 0 aromatic carbocycles. The van der Waals surface area contributed by atoms with Crippen LogP contribution in [-0.2, 0) is 65.4 Å². The second kappa shape index (κ2) is 52.8. The Balaban J connectivity index is 5.24. The van der Waals surface area contributed by atoms with Gasteiger partial charge in [-0.1, -0.05) is 241 Å². The molecule has 79 heavy (non-hydrogen) atoms. The molecular weight excluding hydrogens is 1050 g/mol. The average Bonchev–Trinajstić information content (AvgIpc) is 3.41. The summed E-state index contributed by atoms with van der Waals surface area (Å²) in [7, 11) is -9.88. The zero-order valence-electron chi connectivity index (χ0n) is 50.7. The third-order valence-electron chi connectivity index (χ3n) is 14.1. The Labute approximate surface area is 479 Å². The van der Waals surface area contributed by atoms with E-state index in [1.54, 1.807) is 0 Å². The van der Waals surface area contributed by atoms with Gasteiger partial charge in [0.05, 0.1) is 26.4 Å². The van der Waals surface area contributed by atoms with Gasteiger partial charge < -0.3 is 33.8 Å². The third kappa shape index (κ3) is 53.8. The number of rotatable bonds is 59. The maximum absolute atomic E-state index is 12.9. The van der Waals surface area contributed by atoms with Crippen molar-refractivity contribution in [3.8, 4) is 0 Å². The van der Waals surface area contributed by atoms with Gasteiger partial charge in [-0.25, -0.2) is 9.13 Å². The van der Waals surface area contributed by atoms with Crippen LogP contribution in [0.25, 0.3) is 0 Å². The van der Waals surface area contributed by atoms with Gasteiger partial charge in [-0.3, -0.25) is 37.3 Å². The van der Waals surface area contributed by atoms with Gasteiger partial charge in [-0.2, -0.15) is 0 Å². The van der Waals surface area contributed by atoms with Crippen molar-refractivity contribution in [2.75, 3.05) is 39.6 Å². The molecule has 0 saturated heterocycles. The summed E-state index contributed by atoms with van der Waals surface area (Å²) >= 11 is 0. The summed E-state index contributed by atoms with van der Waals surface area (Å²) in [6.07, 6.45) is 33.6. The number of carbonyl (C=O) groups excluding carboxylic acids is 4. The molecule has 17 nitrogen and oxygen atoms in total. The van der Waals surface area contributed by atoms with Crippen molar-refractivity contribution < 1.29 is 80.2 Å². The minimum absolute atomic E-state index is 0.103. The molecule has 0 radical (unpaired) electrons. The summed E-state index contributed by atoms with van der Waals surface area (Å²) in [5, 5.41) is 10.5. The molecule has 0 aromatic rings. The molecule has 0 fully saturated rings. The predicted molar refractivity (Wildman–Crippen MR) is 312 cm³/mol. The number of hydrogen-bond acceptors (Lipinski definition) is 15. The summed E-state index contributed by atoms with van der Waals surface area (Å²) in [5.74, 6) is -0.744. The first-order valence-electron chi connectivity index (χ1n) is 31.5. The first-order chi connectivity index (χ1) is 37.9. The van der Waals surface area contributed by atoms with Crippen LogP contribution in [0.4, 0.5) is 0 Å². The van der Waals surface area contributed by atoms with Crippen LogP contribution in [-0.4, -0.2) is 96.7 Å². The standard InChI is InChI=1S/C60H116O17P2/c1-7-10-12-14-16-18-20-22-30-36-42-57(62)70-48-56(77-60(65)45-39-33-27-25-29-35-41-53(6)9-3)51-75-79(68,69)73-47-54(61)46-72-78(66,67)74-50-55(49-71-58(63)43-37-31-26-24-28-34-40-52(4)5)76-59(64)44-38-32-23-21-19-17-15-13-11-8-2/h52-56,61H,7-51H2,1-6H3,(H,66,67)(H,68,69)/t53?,54-,55+,56+/m0/s1. The lowest BCUT2D eigenvalue weighted by molar-refractivity contribution is -0.161. The van der Waals surface area contributed by atoms with Crippen LogP contribution < -0.4 is 0 Å². The van der Waals surface area contributed by atoms with E-state index in [1.807, 2.05) is 0 Å². The van der Waals surface area contributed by atoms with Gasteiger partial charge in [0, 0.05) is 25.7 Å². The zero-order valence-corrected chi connectivity index (χ0v) is 52.4. The lowest BCUT2D eigenvalue weighted by Crippen LogP contribution is -2.30. The third-order valence-corrected chi connectivity index (χ3v) is 16.0. The molecule has 0 bridgehead atoms. The van der Waals surface area contributed by atoms with Gasteiger partial charge >= 0.3 is 39.5 Å². The predicted octanol–water partition coefficient (Wildman–Crippen LogP) is 16.1. The Hall–Kier alpha value is -1.94. The second-order valence-corrected chi connectivity index (χ2v) is 25.4. The monoisotopic (exact) mass is 1170 g/mol. The summed E-state index contributed by atoms with van der Waals surface area (Å²) < 4.78 is 67.7. The van der Waals surface area contributed by atoms with Gasteiger partial charge in [-0.15, -0.1) is 0 Å². The van der Waals surface area contributed by atoms with E-state index in [2.05, 4.69) is 41.5 Å². The van der Waals surface area contributed by atoms with Crippen LogP contribution in [0.5, 0.6) is 0 Å². The highest BCUT2D eigenvalue weighted by atomic mass is 31.2. The molecular formula is C60H116O17P2. The van der Waals surface area contributed by atoms with E-state index in [4.69, 9.17) is 37.0 Å². The molecule has 0 rings (SSSR count). The molecule has 468 valence electrons. The molecule has 3 unspecified atom stereocenters. The molecule has 0 aliphatic carbocycles. The molecule has 0 heterocycles. The number of carbonyl (C=O) groups is 4. The lowest BCUT2D eigenvalue weighted by atomic mass is 10.00. The van der Waals surface area contributed by atoms with E-state index in [0.717, 1.165) is 102 Å². The normalized spacial score (nSPS) is 14.8. The van der Waals surface area contributed by atoms with Crippen LogP contribution in [0.1, 0.15) is 292 Å². The maximum atomic E-state index is 12.9. The van der Waals surface area contributed by atoms with Gasteiger partial charge in [0.2, 0.25) is 0 Å². The van der Waals surface area contributed by atoms with Crippen LogP contribution in [0.3, 0.4) is 0 Å². The van der Waals surface area contributed by atoms with Crippen molar-refractivity contribution in [3.05, 3.63) is 0 Å². The number of unbranched alkanes of at least 4 members (excludes halogenated alkanes) is 28. The molecule has 6 atom stereocenters. The van der Waals surface area contributed by atoms with Crippen molar-refractivity contribution in [3.63, 3.8) is 0 Å². The van der Waals surface area contributed by atoms with Crippen molar-refractivity contribution in [2.24, 2.45) is 11.8 Å². The van der Waals surface area contributed by atoms with Crippen LogP contribution in [0.15, 0.2) is 0 Å². The highest BCUT2D eigenvalue weighted by Crippen LogP contribution is 2.45. The van der Waals surface area contributed by atoms with E-state index in [1.165, 1.54) is 103 Å². The minimum atomic E-state index is -4.94. The average molecular weight is 1170 g/mol. The van der Waals surface area contributed by atoms with E-state index in [-0.39, 0.29) is 25.7 Å². The summed E-state index contributed by atoms with van der Waals surface area (Å²) in [4.78, 5) is 71.9. The Morgan fingerprint density at radius 1 is 0.367 bits per heavy atom. The fourth-order valence-electron chi connectivity index (χ4n) is 8.79. The summed E-state index contributed by atoms with van der Waals surface area (Å²) in [5.41, 5.74) is 0. The smallest absolute Gasteiger partial charge is 0.462 e. The van der Waals surface area contributed by atoms with Crippen molar-refractivity contribution in [1.29, 1.82) is 0 Å². The molecule has 0 amide bonds. The molecule has 0 aliphatic heterocycles. The van der Waals surface area contributed by atoms with Crippen LogP contribution in [0.2, 0.25) is 0 Å². The zero-order chi connectivity index (χ0) is 58.7. The number of aliphatic hydroxyl groups is 1. The Morgan fingerprint density at radius 2 is 0.646 bits per heavy atom. The SMILES string of the molecule is CCCCCCCCCCCCC(=O)OC[C@H](COP(=O)(O)OC[C@@H](O)COP(=O)(O)OC[C@@H](COC(=O)CCCCCCCCC(C)C)OC(=O)CCCCCCCCCCCC)OC(=O)CCCCCCCCC(C)CC. The van der Waals surface area contributed by atoms with E-state index >= 15 is 0 Å². The first-order valence-corrected chi connectivity index (χ1v) is 34.5. The first kappa shape index (κ1) is 77.1. The lowest BCUT2D eigenvalue weighted by Gasteiger charge is -2.21. The Kier molecular flexibility index (Phi) is 51.5. The largest absolute Gasteiger partial charge is 0.472 e. The number of phosphoric ester groups is 2. The van der Waals surface area contributed by atoms with Crippen molar-refractivity contribution in [2.45, 2.75) is 310 Å². The maximum Gasteiger partial charge on any atom is 0.472 e. The summed E-state index contributed by atoms with van der Waals surface area (Å²) in [6.45, 7) is 9.31. The fraction of sp³-hybridized carbons (Fsp3) is 0.933. The van der Waals surface area contributed by atoms with Crippen LogP contribution in [0, 0.1) is 11.8 Å². The van der Waals surface area contributed by atoms with Crippen molar-refractivity contribution in [1.82, 2.24) is 0 Å². The van der Waals surface area contributed by atoms with Crippen molar-refractivity contribution >= 4 is 39.5 Å². The molecule has 19 heteroatoms. The highest BCUT2D eigenvalue weighted by Gasteiger charge is 2.30. The van der Waals surface area contributed by atoms with E-state index in [0.29, 0.717) is 31.6 Å². The molecule has 3 N–H and O–H groups in total. The second-order valence-electron chi connectivity index (χ2n) is 22.5. The minimum Gasteiger partial charge on any atom is -0.462 e. The fourth-order valence-corrected chi connectivity index (χ4v) is 10.4. The van der Waals surface area contributed by atoms with E-state index in [9.17, 15) is 43.2 Å².